The minimum atomic E-state index is 0.649. The number of aromatic nitrogens is 1. The summed E-state index contributed by atoms with van der Waals surface area (Å²) in [5, 5.41) is 11.0. The lowest BCUT2D eigenvalue weighted by Crippen LogP contribution is -1.93. The molecule has 0 aliphatic carbocycles. The second kappa shape index (κ2) is 6.39. The topological polar surface area (TPSA) is 45.9 Å². The second-order valence-corrected chi connectivity index (χ2v) is 4.92. The van der Waals surface area contributed by atoms with Crippen molar-refractivity contribution in [2.24, 2.45) is 0 Å². The van der Waals surface area contributed by atoms with Crippen LogP contribution in [0.1, 0.15) is 12.0 Å². The molecule has 0 unspecified atom stereocenters. The third-order valence-corrected chi connectivity index (χ3v) is 3.62. The van der Waals surface area contributed by atoms with E-state index in [-0.39, 0.29) is 0 Å². The number of pyridine rings is 1. The standard InChI is InChI=1S/C14H14N2OS/c1-17-7-4-8-18-14-12(10-15)9-11-5-2-3-6-13(11)16-14/h2-3,5-6,9H,4,7-8H2,1H3. The van der Waals surface area contributed by atoms with Crippen molar-refractivity contribution in [2.45, 2.75) is 11.4 Å². The van der Waals surface area contributed by atoms with Crippen LogP contribution >= 0.6 is 11.8 Å². The second-order valence-electron chi connectivity index (χ2n) is 3.84. The van der Waals surface area contributed by atoms with Crippen LogP contribution in [0, 0.1) is 11.3 Å². The van der Waals surface area contributed by atoms with Crippen LogP contribution in [0.25, 0.3) is 10.9 Å². The third-order valence-electron chi connectivity index (χ3n) is 2.54. The fourth-order valence-corrected chi connectivity index (χ4v) is 2.54. The molecule has 0 N–H and O–H groups in total. The molecule has 4 heteroatoms. The van der Waals surface area contributed by atoms with Crippen molar-refractivity contribution in [2.75, 3.05) is 19.5 Å². The van der Waals surface area contributed by atoms with Gasteiger partial charge in [0.25, 0.3) is 0 Å². The molecular formula is C14H14N2OS. The van der Waals surface area contributed by atoms with Crippen molar-refractivity contribution in [1.82, 2.24) is 4.98 Å². The number of para-hydroxylation sites is 1. The minimum Gasteiger partial charge on any atom is -0.385 e. The summed E-state index contributed by atoms with van der Waals surface area (Å²) in [7, 11) is 1.69. The lowest BCUT2D eigenvalue weighted by Gasteiger charge is -2.05. The molecule has 0 saturated carbocycles. The summed E-state index contributed by atoms with van der Waals surface area (Å²) in [5.41, 5.74) is 1.59. The molecule has 1 aromatic carbocycles. The van der Waals surface area contributed by atoms with E-state index in [1.54, 1.807) is 18.9 Å². The van der Waals surface area contributed by atoms with Crippen LogP contribution in [0.4, 0.5) is 0 Å². The van der Waals surface area contributed by atoms with E-state index in [0.717, 1.165) is 34.7 Å². The molecule has 0 spiro atoms. The van der Waals surface area contributed by atoms with Gasteiger partial charge in [-0.05, 0) is 18.6 Å². The highest BCUT2D eigenvalue weighted by atomic mass is 32.2. The van der Waals surface area contributed by atoms with E-state index in [9.17, 15) is 0 Å². The number of fused-ring (bicyclic) bond motifs is 1. The summed E-state index contributed by atoms with van der Waals surface area (Å²) in [5.74, 6) is 0.911. The fraction of sp³-hybridized carbons (Fsp3) is 0.286. The number of nitrogens with zero attached hydrogens (tertiary/aromatic N) is 2. The lowest BCUT2D eigenvalue weighted by atomic mass is 10.2. The smallest absolute Gasteiger partial charge is 0.115 e. The van der Waals surface area contributed by atoms with Gasteiger partial charge >= 0.3 is 0 Å². The highest BCUT2D eigenvalue weighted by molar-refractivity contribution is 7.99. The zero-order chi connectivity index (χ0) is 12.8. The van der Waals surface area contributed by atoms with E-state index < -0.39 is 0 Å². The van der Waals surface area contributed by atoms with Gasteiger partial charge in [-0.3, -0.25) is 0 Å². The molecule has 1 heterocycles. The summed E-state index contributed by atoms with van der Waals surface area (Å²) >= 11 is 1.61. The van der Waals surface area contributed by atoms with Crippen LogP contribution in [0.2, 0.25) is 0 Å². The minimum absolute atomic E-state index is 0.649. The van der Waals surface area contributed by atoms with Crippen molar-refractivity contribution < 1.29 is 4.74 Å². The molecule has 2 aromatic rings. The monoisotopic (exact) mass is 258 g/mol. The summed E-state index contributed by atoms with van der Waals surface area (Å²) in [6.07, 6.45) is 0.959. The van der Waals surface area contributed by atoms with Gasteiger partial charge in [0.2, 0.25) is 0 Å². The van der Waals surface area contributed by atoms with Crippen LogP contribution in [0.15, 0.2) is 35.4 Å². The molecule has 92 valence electrons. The third kappa shape index (κ3) is 3.00. The molecule has 0 aliphatic rings. The highest BCUT2D eigenvalue weighted by Gasteiger charge is 2.06. The first kappa shape index (κ1) is 12.9. The van der Waals surface area contributed by atoms with Gasteiger partial charge < -0.3 is 4.74 Å². The molecule has 0 radical (unpaired) electrons. The summed E-state index contributed by atoms with van der Waals surface area (Å²) < 4.78 is 5.01. The Labute approximate surface area is 111 Å². The first-order valence-corrected chi connectivity index (χ1v) is 6.75. The lowest BCUT2D eigenvalue weighted by molar-refractivity contribution is 0.200. The molecule has 0 saturated heterocycles. The van der Waals surface area contributed by atoms with Crippen LogP contribution in [0.5, 0.6) is 0 Å². The summed E-state index contributed by atoms with van der Waals surface area (Å²) in [6, 6.07) is 12.0. The first-order chi connectivity index (χ1) is 8.85. The summed E-state index contributed by atoms with van der Waals surface area (Å²) in [6.45, 7) is 0.739. The molecule has 0 amide bonds. The molecule has 3 nitrogen and oxygen atoms in total. The Morgan fingerprint density at radius 3 is 3.00 bits per heavy atom. The van der Waals surface area contributed by atoms with Crippen LogP contribution in [0.3, 0.4) is 0 Å². The average Bonchev–Trinajstić information content (AvgIpc) is 2.42. The van der Waals surface area contributed by atoms with Gasteiger partial charge in [-0.15, -0.1) is 11.8 Å². The predicted molar refractivity (Wildman–Crippen MR) is 73.7 cm³/mol. The molecule has 2 rings (SSSR count). The molecule has 0 bridgehead atoms. The SMILES string of the molecule is COCCCSc1nc2ccccc2cc1C#N. The zero-order valence-electron chi connectivity index (χ0n) is 10.2. The van der Waals surface area contributed by atoms with Gasteiger partial charge in [0, 0.05) is 24.9 Å². The predicted octanol–water partition coefficient (Wildman–Crippen LogP) is 3.24. The Bertz CT molecular complexity index is 578. The van der Waals surface area contributed by atoms with Gasteiger partial charge in [-0.2, -0.15) is 5.26 Å². The van der Waals surface area contributed by atoms with Crippen LogP contribution < -0.4 is 0 Å². The molecule has 18 heavy (non-hydrogen) atoms. The van der Waals surface area contributed by atoms with Crippen LogP contribution in [-0.2, 0) is 4.74 Å². The number of hydrogen-bond acceptors (Lipinski definition) is 4. The average molecular weight is 258 g/mol. The van der Waals surface area contributed by atoms with E-state index in [0.29, 0.717) is 5.56 Å². The number of hydrogen-bond donors (Lipinski definition) is 0. The van der Waals surface area contributed by atoms with Crippen molar-refractivity contribution in [1.29, 1.82) is 5.26 Å². The van der Waals surface area contributed by atoms with Crippen molar-refractivity contribution in [3.63, 3.8) is 0 Å². The van der Waals surface area contributed by atoms with E-state index in [1.165, 1.54) is 0 Å². The molecular weight excluding hydrogens is 244 g/mol. The Kier molecular flexibility index (Phi) is 4.57. The first-order valence-electron chi connectivity index (χ1n) is 5.77. The fourth-order valence-electron chi connectivity index (χ4n) is 1.66. The number of nitriles is 1. The van der Waals surface area contributed by atoms with E-state index >= 15 is 0 Å². The number of rotatable bonds is 5. The highest BCUT2D eigenvalue weighted by Crippen LogP contribution is 2.24. The number of thioether (sulfide) groups is 1. The molecule has 0 fully saturated rings. The van der Waals surface area contributed by atoms with Gasteiger partial charge in [0.05, 0.1) is 11.1 Å². The molecule has 0 atom stereocenters. The van der Waals surface area contributed by atoms with E-state index in [4.69, 9.17) is 10.00 Å². The van der Waals surface area contributed by atoms with E-state index in [1.807, 2.05) is 30.3 Å². The van der Waals surface area contributed by atoms with E-state index in [2.05, 4.69) is 11.1 Å². The van der Waals surface area contributed by atoms with Gasteiger partial charge in [0.1, 0.15) is 11.1 Å². The Balaban J connectivity index is 2.23. The van der Waals surface area contributed by atoms with Crippen molar-refractivity contribution >= 4 is 22.7 Å². The quantitative estimate of drug-likeness (QED) is 0.610. The maximum Gasteiger partial charge on any atom is 0.115 e. The van der Waals surface area contributed by atoms with Gasteiger partial charge in [-0.1, -0.05) is 18.2 Å². The maximum atomic E-state index is 9.15. The number of benzene rings is 1. The molecule has 1 aromatic heterocycles. The van der Waals surface area contributed by atoms with Crippen LogP contribution in [-0.4, -0.2) is 24.5 Å². The van der Waals surface area contributed by atoms with Crippen molar-refractivity contribution in [3.8, 4) is 6.07 Å². The molecule has 0 aliphatic heterocycles. The zero-order valence-corrected chi connectivity index (χ0v) is 11.0. The van der Waals surface area contributed by atoms with Gasteiger partial charge in [-0.25, -0.2) is 4.98 Å². The van der Waals surface area contributed by atoms with Gasteiger partial charge in [0.15, 0.2) is 0 Å². The Morgan fingerprint density at radius 1 is 1.39 bits per heavy atom. The Hall–Kier alpha value is -1.57. The number of methoxy groups -OCH3 is 1. The number of ether oxygens (including phenoxy) is 1. The maximum absolute atomic E-state index is 9.15. The largest absolute Gasteiger partial charge is 0.385 e. The Morgan fingerprint density at radius 2 is 2.22 bits per heavy atom. The summed E-state index contributed by atoms with van der Waals surface area (Å²) in [4.78, 5) is 4.54. The van der Waals surface area contributed by atoms with Crippen molar-refractivity contribution in [3.05, 3.63) is 35.9 Å². The normalized spacial score (nSPS) is 10.4.